The van der Waals surface area contributed by atoms with Gasteiger partial charge in [0.05, 0.1) is 6.20 Å². The molecule has 0 amide bonds. The third-order valence-corrected chi connectivity index (χ3v) is 2.78. The highest BCUT2D eigenvalue weighted by Gasteiger charge is 2.27. The van der Waals surface area contributed by atoms with Crippen molar-refractivity contribution in [3.63, 3.8) is 0 Å². The van der Waals surface area contributed by atoms with Gasteiger partial charge in [-0.05, 0) is 36.3 Å². The van der Waals surface area contributed by atoms with Gasteiger partial charge in [-0.1, -0.05) is 19.9 Å². The first-order chi connectivity index (χ1) is 5.70. The highest BCUT2D eigenvalue weighted by molar-refractivity contribution is 5.29. The monoisotopic (exact) mass is 160 g/mol. The Kier molecular flexibility index (Phi) is 1.67. The SMILES string of the molecule is CC1(C)CCCc2n[c]ccc21. The zero-order valence-electron chi connectivity index (χ0n) is 7.72. The van der Waals surface area contributed by atoms with Crippen LogP contribution in [0.4, 0.5) is 0 Å². The predicted octanol–water partition coefficient (Wildman–Crippen LogP) is 2.50. The molecule has 0 unspecified atom stereocenters. The van der Waals surface area contributed by atoms with Crippen molar-refractivity contribution in [3.05, 3.63) is 29.6 Å². The molecular formula is C11H14N. The zero-order chi connectivity index (χ0) is 8.60. The fourth-order valence-electron chi connectivity index (χ4n) is 2.03. The van der Waals surface area contributed by atoms with Crippen LogP contribution < -0.4 is 0 Å². The second-order valence-corrected chi connectivity index (χ2v) is 4.17. The fraction of sp³-hybridized carbons (Fsp3) is 0.545. The summed E-state index contributed by atoms with van der Waals surface area (Å²) in [6, 6.07) is 4.09. The summed E-state index contributed by atoms with van der Waals surface area (Å²) in [6.07, 6.45) is 6.60. The molecule has 0 saturated heterocycles. The largest absolute Gasteiger partial charge is 0.251 e. The van der Waals surface area contributed by atoms with E-state index in [2.05, 4.69) is 31.1 Å². The number of hydrogen-bond donors (Lipinski definition) is 0. The van der Waals surface area contributed by atoms with Gasteiger partial charge in [0.15, 0.2) is 0 Å². The van der Waals surface area contributed by atoms with Crippen molar-refractivity contribution in [3.8, 4) is 0 Å². The Hall–Kier alpha value is -0.850. The van der Waals surface area contributed by atoms with Gasteiger partial charge >= 0.3 is 0 Å². The van der Waals surface area contributed by atoms with E-state index < -0.39 is 0 Å². The molecule has 0 aromatic carbocycles. The van der Waals surface area contributed by atoms with Crippen molar-refractivity contribution < 1.29 is 0 Å². The van der Waals surface area contributed by atoms with E-state index in [9.17, 15) is 0 Å². The van der Waals surface area contributed by atoms with Gasteiger partial charge in [0.1, 0.15) is 0 Å². The number of fused-ring (bicyclic) bond motifs is 1. The number of nitrogens with zero attached hydrogens (tertiary/aromatic N) is 1. The van der Waals surface area contributed by atoms with Crippen molar-refractivity contribution in [2.45, 2.75) is 38.5 Å². The van der Waals surface area contributed by atoms with Gasteiger partial charge in [0.25, 0.3) is 0 Å². The quantitative estimate of drug-likeness (QED) is 0.568. The molecule has 1 heterocycles. The molecule has 2 rings (SSSR count). The number of aromatic nitrogens is 1. The summed E-state index contributed by atoms with van der Waals surface area (Å²) in [7, 11) is 0. The Morgan fingerprint density at radius 1 is 1.50 bits per heavy atom. The maximum Gasteiger partial charge on any atom is 0.0889 e. The minimum absolute atomic E-state index is 0.329. The smallest absolute Gasteiger partial charge is 0.0889 e. The first-order valence-electron chi connectivity index (χ1n) is 4.57. The van der Waals surface area contributed by atoms with Crippen LogP contribution in [-0.2, 0) is 11.8 Å². The van der Waals surface area contributed by atoms with E-state index in [1.807, 2.05) is 6.07 Å². The lowest BCUT2D eigenvalue weighted by atomic mass is 9.75. The summed E-state index contributed by atoms with van der Waals surface area (Å²) in [6.45, 7) is 4.60. The summed E-state index contributed by atoms with van der Waals surface area (Å²) in [4.78, 5) is 4.29. The van der Waals surface area contributed by atoms with Crippen LogP contribution in [0.15, 0.2) is 12.1 Å². The van der Waals surface area contributed by atoms with Crippen LogP contribution in [0.3, 0.4) is 0 Å². The predicted molar refractivity (Wildman–Crippen MR) is 49.0 cm³/mol. The molecule has 0 saturated carbocycles. The van der Waals surface area contributed by atoms with E-state index in [0.29, 0.717) is 5.41 Å². The van der Waals surface area contributed by atoms with Crippen molar-refractivity contribution in [1.29, 1.82) is 0 Å². The Morgan fingerprint density at radius 3 is 3.08 bits per heavy atom. The Labute approximate surface area is 73.8 Å². The van der Waals surface area contributed by atoms with Crippen LogP contribution in [0.2, 0.25) is 0 Å². The first kappa shape index (κ1) is 7.78. The van der Waals surface area contributed by atoms with Crippen LogP contribution in [0.5, 0.6) is 0 Å². The molecule has 63 valence electrons. The number of aryl methyl sites for hydroxylation is 1. The van der Waals surface area contributed by atoms with Crippen LogP contribution in [-0.4, -0.2) is 4.98 Å². The third-order valence-electron chi connectivity index (χ3n) is 2.78. The minimum atomic E-state index is 0.329. The van der Waals surface area contributed by atoms with E-state index in [0.717, 1.165) is 6.42 Å². The van der Waals surface area contributed by atoms with Gasteiger partial charge in [0.2, 0.25) is 0 Å². The van der Waals surface area contributed by atoms with E-state index >= 15 is 0 Å². The van der Waals surface area contributed by atoms with Crippen LogP contribution in [0.25, 0.3) is 0 Å². The topological polar surface area (TPSA) is 12.9 Å². The summed E-state index contributed by atoms with van der Waals surface area (Å²) >= 11 is 0. The molecule has 0 bridgehead atoms. The number of hydrogen-bond acceptors (Lipinski definition) is 1. The molecule has 0 aliphatic heterocycles. The molecule has 0 fully saturated rings. The Balaban J connectivity index is 2.52. The molecule has 1 aliphatic rings. The lowest BCUT2D eigenvalue weighted by Crippen LogP contribution is -2.24. The molecule has 1 aromatic rings. The molecule has 0 N–H and O–H groups in total. The van der Waals surface area contributed by atoms with Gasteiger partial charge in [-0.15, -0.1) is 0 Å². The van der Waals surface area contributed by atoms with E-state index in [4.69, 9.17) is 0 Å². The van der Waals surface area contributed by atoms with E-state index in [1.54, 1.807) is 0 Å². The highest BCUT2D eigenvalue weighted by atomic mass is 14.7. The van der Waals surface area contributed by atoms with Crippen molar-refractivity contribution in [2.75, 3.05) is 0 Å². The van der Waals surface area contributed by atoms with Gasteiger partial charge in [-0.2, -0.15) is 0 Å². The molecule has 0 spiro atoms. The van der Waals surface area contributed by atoms with Crippen LogP contribution >= 0.6 is 0 Å². The minimum Gasteiger partial charge on any atom is -0.251 e. The van der Waals surface area contributed by atoms with Gasteiger partial charge in [0, 0.05) is 5.69 Å². The van der Waals surface area contributed by atoms with Gasteiger partial charge in [-0.3, -0.25) is 4.98 Å². The van der Waals surface area contributed by atoms with Crippen LogP contribution in [0, 0.1) is 6.20 Å². The molecule has 1 aliphatic carbocycles. The first-order valence-corrected chi connectivity index (χ1v) is 4.57. The summed E-state index contributed by atoms with van der Waals surface area (Å²) < 4.78 is 0. The van der Waals surface area contributed by atoms with Crippen LogP contribution in [0.1, 0.15) is 37.9 Å². The Bertz CT molecular complexity index is 289. The fourth-order valence-corrected chi connectivity index (χ4v) is 2.03. The van der Waals surface area contributed by atoms with E-state index in [-0.39, 0.29) is 0 Å². The molecule has 0 atom stereocenters. The maximum atomic E-state index is 4.29. The molecular weight excluding hydrogens is 146 g/mol. The van der Waals surface area contributed by atoms with E-state index in [1.165, 1.54) is 24.1 Å². The van der Waals surface area contributed by atoms with Gasteiger partial charge in [-0.25, -0.2) is 0 Å². The molecule has 12 heavy (non-hydrogen) atoms. The second-order valence-electron chi connectivity index (χ2n) is 4.17. The lowest BCUT2D eigenvalue weighted by molar-refractivity contribution is 0.426. The normalized spacial score (nSPS) is 20.2. The number of pyridine rings is 1. The van der Waals surface area contributed by atoms with Crippen molar-refractivity contribution >= 4 is 0 Å². The van der Waals surface area contributed by atoms with Crippen molar-refractivity contribution in [2.24, 2.45) is 0 Å². The standard InChI is InChI=1S/C11H14N/c1-11(2)7-3-6-10-9(11)5-4-8-12-10/h4-5H,3,6-7H2,1-2H3. The summed E-state index contributed by atoms with van der Waals surface area (Å²) in [5, 5.41) is 0. The zero-order valence-corrected chi connectivity index (χ0v) is 7.72. The maximum absolute atomic E-state index is 4.29. The average Bonchev–Trinajstić information content (AvgIpc) is 2.04. The molecule has 1 heteroatoms. The number of rotatable bonds is 0. The average molecular weight is 160 g/mol. The second kappa shape index (κ2) is 2.58. The van der Waals surface area contributed by atoms with Gasteiger partial charge < -0.3 is 0 Å². The molecule has 1 nitrogen and oxygen atoms in total. The lowest BCUT2D eigenvalue weighted by Gasteiger charge is -2.31. The highest BCUT2D eigenvalue weighted by Crippen LogP contribution is 2.35. The third kappa shape index (κ3) is 1.13. The molecule has 1 radical (unpaired) electrons. The molecule has 1 aromatic heterocycles. The summed E-state index contributed by atoms with van der Waals surface area (Å²) in [5.41, 5.74) is 3.01. The summed E-state index contributed by atoms with van der Waals surface area (Å²) in [5.74, 6) is 0. The Morgan fingerprint density at radius 2 is 2.33 bits per heavy atom. The van der Waals surface area contributed by atoms with Crippen molar-refractivity contribution in [1.82, 2.24) is 4.98 Å².